The van der Waals surface area contributed by atoms with Gasteiger partial charge in [0.1, 0.15) is 6.54 Å². The summed E-state index contributed by atoms with van der Waals surface area (Å²) < 4.78 is 12.3. The third-order valence-corrected chi connectivity index (χ3v) is 7.24. The molecule has 1 aliphatic carbocycles. The topological polar surface area (TPSA) is 92.8 Å². The van der Waals surface area contributed by atoms with Crippen LogP contribution >= 0.6 is 0 Å². The number of hydrogen-bond donors (Lipinski definition) is 2. The molecule has 1 unspecified atom stereocenters. The number of oxazole rings is 1. The van der Waals surface area contributed by atoms with Crippen molar-refractivity contribution < 1.29 is 28.6 Å². The SMILES string of the molecule is COCCCCCCCC[N+](C)(C)Cc1cnc(C(O)(c2ccccc2)C2CCCCC2)o1.O=CO. The van der Waals surface area contributed by atoms with E-state index >= 15 is 0 Å². The third-order valence-electron chi connectivity index (χ3n) is 7.24. The lowest BCUT2D eigenvalue weighted by molar-refractivity contribution is -0.904. The summed E-state index contributed by atoms with van der Waals surface area (Å²) in [5, 5.41) is 18.9. The van der Waals surface area contributed by atoms with Crippen molar-refractivity contribution >= 4 is 6.47 Å². The summed E-state index contributed by atoms with van der Waals surface area (Å²) in [5.41, 5.74) is -0.260. The van der Waals surface area contributed by atoms with Crippen molar-refractivity contribution in [3.8, 4) is 0 Å². The number of aliphatic hydroxyl groups is 1. The molecule has 2 N–H and O–H groups in total. The number of methoxy groups -OCH3 is 1. The maximum atomic E-state index is 12.0. The maximum absolute atomic E-state index is 12.0. The minimum atomic E-state index is -1.15. The summed E-state index contributed by atoms with van der Waals surface area (Å²) in [7, 11) is 6.28. The monoisotopic (exact) mass is 503 g/mol. The highest BCUT2D eigenvalue weighted by atomic mass is 16.5. The normalized spacial score (nSPS) is 16.1. The van der Waals surface area contributed by atoms with Gasteiger partial charge in [-0.3, -0.25) is 4.79 Å². The highest BCUT2D eigenvalue weighted by Crippen LogP contribution is 2.43. The number of ether oxygens (including phenoxy) is 1. The Bertz CT molecular complexity index is 848. The number of carboxylic acid groups (broad SMARTS) is 1. The Morgan fingerprint density at radius 1 is 1.06 bits per heavy atom. The second kappa shape index (κ2) is 15.8. The molecule has 0 aliphatic heterocycles. The van der Waals surface area contributed by atoms with Gasteiger partial charge in [-0.05, 0) is 37.7 Å². The van der Waals surface area contributed by atoms with Gasteiger partial charge < -0.3 is 23.9 Å². The first-order valence-corrected chi connectivity index (χ1v) is 13.5. The molecule has 0 spiro atoms. The predicted molar refractivity (Wildman–Crippen MR) is 141 cm³/mol. The fraction of sp³-hybridized carbons (Fsp3) is 0.655. The van der Waals surface area contributed by atoms with Gasteiger partial charge in [-0.15, -0.1) is 0 Å². The first kappa shape index (κ1) is 30.0. The molecule has 1 aliphatic rings. The molecule has 202 valence electrons. The summed E-state index contributed by atoms with van der Waals surface area (Å²) >= 11 is 0. The number of quaternary nitrogens is 1. The lowest BCUT2D eigenvalue weighted by atomic mass is 9.73. The highest BCUT2D eigenvalue weighted by Gasteiger charge is 2.44. The Balaban J connectivity index is 0.00000145. The van der Waals surface area contributed by atoms with E-state index in [2.05, 4.69) is 19.1 Å². The number of hydrogen-bond acceptors (Lipinski definition) is 5. The molecular formula is C29H47N2O5+. The average molecular weight is 504 g/mol. The summed E-state index contributed by atoms with van der Waals surface area (Å²) in [6.45, 7) is 2.53. The summed E-state index contributed by atoms with van der Waals surface area (Å²) in [4.78, 5) is 13.0. The maximum Gasteiger partial charge on any atom is 0.290 e. The molecule has 0 saturated heterocycles. The molecule has 1 heterocycles. The van der Waals surface area contributed by atoms with E-state index in [0.29, 0.717) is 5.89 Å². The number of nitrogens with zero attached hydrogens (tertiary/aromatic N) is 2. The van der Waals surface area contributed by atoms with Gasteiger partial charge >= 0.3 is 0 Å². The number of unbranched alkanes of at least 4 members (excludes halogenated alkanes) is 5. The van der Waals surface area contributed by atoms with Crippen molar-refractivity contribution in [1.82, 2.24) is 4.98 Å². The smallest absolute Gasteiger partial charge is 0.290 e. The van der Waals surface area contributed by atoms with Gasteiger partial charge in [0.15, 0.2) is 11.4 Å². The van der Waals surface area contributed by atoms with Crippen LogP contribution in [0.25, 0.3) is 0 Å². The Hall–Kier alpha value is -2.22. The number of rotatable bonds is 14. The summed E-state index contributed by atoms with van der Waals surface area (Å²) in [6.07, 6.45) is 14.9. The van der Waals surface area contributed by atoms with Crippen molar-refractivity contribution in [3.05, 3.63) is 53.7 Å². The van der Waals surface area contributed by atoms with Crippen LogP contribution in [0.2, 0.25) is 0 Å². The second-order valence-corrected chi connectivity index (χ2v) is 10.6. The minimum Gasteiger partial charge on any atom is -0.483 e. The van der Waals surface area contributed by atoms with E-state index in [1.165, 1.54) is 44.9 Å². The predicted octanol–water partition coefficient (Wildman–Crippen LogP) is 5.76. The Labute approximate surface area is 217 Å². The number of aromatic nitrogens is 1. The lowest BCUT2D eigenvalue weighted by Gasteiger charge is -2.36. The van der Waals surface area contributed by atoms with Gasteiger partial charge in [0, 0.05) is 19.6 Å². The lowest BCUT2D eigenvalue weighted by Crippen LogP contribution is -2.39. The molecule has 1 aromatic carbocycles. The molecule has 1 saturated carbocycles. The molecule has 7 heteroatoms. The van der Waals surface area contributed by atoms with Crippen LogP contribution in [0.4, 0.5) is 0 Å². The standard InChI is InChI=1S/C28H45N2O3.CH2O2/c1-30(2,20-14-6-4-5-7-15-21-32-3)23-26-22-29-27(33-26)28(31,24-16-10-8-11-17-24)25-18-12-9-13-19-25;2-1-3/h8,10-11,16-17,22,25,31H,4-7,9,12-15,18-21,23H2,1-3H3;1H,(H,2,3)/q+1;. The van der Waals surface area contributed by atoms with Gasteiger partial charge in [-0.25, -0.2) is 4.98 Å². The largest absolute Gasteiger partial charge is 0.483 e. The van der Waals surface area contributed by atoms with Gasteiger partial charge in [-0.2, -0.15) is 0 Å². The summed E-state index contributed by atoms with van der Waals surface area (Å²) in [6, 6.07) is 9.99. The van der Waals surface area contributed by atoms with Crippen LogP contribution in [-0.2, 0) is 21.7 Å². The van der Waals surface area contributed by atoms with Crippen LogP contribution in [0.3, 0.4) is 0 Å². The van der Waals surface area contributed by atoms with Crippen molar-refractivity contribution in [2.75, 3.05) is 34.4 Å². The molecule has 1 aromatic heterocycles. The fourth-order valence-corrected chi connectivity index (χ4v) is 5.30. The van der Waals surface area contributed by atoms with Crippen LogP contribution in [0.1, 0.15) is 87.8 Å². The van der Waals surface area contributed by atoms with E-state index in [9.17, 15) is 5.11 Å². The van der Waals surface area contributed by atoms with E-state index in [-0.39, 0.29) is 12.4 Å². The average Bonchev–Trinajstić information content (AvgIpc) is 3.35. The Morgan fingerprint density at radius 3 is 2.31 bits per heavy atom. The van der Waals surface area contributed by atoms with Crippen LogP contribution in [-0.4, -0.2) is 60.5 Å². The molecule has 0 amide bonds. The quantitative estimate of drug-likeness (QED) is 0.194. The van der Waals surface area contributed by atoms with Crippen LogP contribution in [0.5, 0.6) is 0 Å². The zero-order chi connectivity index (χ0) is 26.3. The van der Waals surface area contributed by atoms with Gasteiger partial charge in [0.05, 0.1) is 26.8 Å². The molecule has 36 heavy (non-hydrogen) atoms. The van der Waals surface area contributed by atoms with Gasteiger partial charge in [0.25, 0.3) is 6.47 Å². The van der Waals surface area contributed by atoms with Crippen molar-refractivity contribution in [3.63, 3.8) is 0 Å². The first-order chi connectivity index (χ1) is 17.4. The molecule has 0 bridgehead atoms. The van der Waals surface area contributed by atoms with E-state index in [4.69, 9.17) is 19.1 Å². The van der Waals surface area contributed by atoms with E-state index in [1.807, 2.05) is 36.5 Å². The zero-order valence-electron chi connectivity index (χ0n) is 22.5. The first-order valence-electron chi connectivity index (χ1n) is 13.5. The van der Waals surface area contributed by atoms with Crippen LogP contribution < -0.4 is 0 Å². The summed E-state index contributed by atoms with van der Waals surface area (Å²) in [5.74, 6) is 1.47. The molecule has 1 fully saturated rings. The van der Waals surface area contributed by atoms with E-state index in [1.54, 1.807) is 7.11 Å². The number of benzene rings is 1. The third kappa shape index (κ3) is 9.34. The fourth-order valence-electron chi connectivity index (χ4n) is 5.30. The molecule has 1 atom stereocenters. The van der Waals surface area contributed by atoms with Crippen LogP contribution in [0.15, 0.2) is 40.9 Å². The van der Waals surface area contributed by atoms with E-state index in [0.717, 1.165) is 61.2 Å². The number of carbonyl (C=O) groups is 1. The molecule has 7 nitrogen and oxygen atoms in total. The molecule has 3 rings (SSSR count). The van der Waals surface area contributed by atoms with Crippen LogP contribution in [0, 0.1) is 5.92 Å². The van der Waals surface area contributed by atoms with Gasteiger partial charge in [-0.1, -0.05) is 68.9 Å². The zero-order valence-corrected chi connectivity index (χ0v) is 22.5. The molecule has 0 radical (unpaired) electrons. The highest BCUT2D eigenvalue weighted by molar-refractivity contribution is 5.32. The molecule has 2 aromatic rings. The second-order valence-electron chi connectivity index (χ2n) is 10.6. The van der Waals surface area contributed by atoms with E-state index < -0.39 is 5.60 Å². The van der Waals surface area contributed by atoms with Crippen molar-refractivity contribution in [2.45, 2.75) is 82.8 Å². The van der Waals surface area contributed by atoms with Crippen molar-refractivity contribution in [1.29, 1.82) is 0 Å². The van der Waals surface area contributed by atoms with Crippen molar-refractivity contribution in [2.24, 2.45) is 5.92 Å². The Morgan fingerprint density at radius 2 is 1.67 bits per heavy atom. The Kier molecular flexibility index (Phi) is 13.2. The minimum absolute atomic E-state index is 0.145. The molecular weight excluding hydrogens is 456 g/mol. The van der Waals surface area contributed by atoms with Gasteiger partial charge in [0.2, 0.25) is 5.89 Å².